The molecule has 0 saturated carbocycles. The Morgan fingerprint density at radius 1 is 1.21 bits per heavy atom. The summed E-state index contributed by atoms with van der Waals surface area (Å²) < 4.78 is 14.7. The predicted octanol–water partition coefficient (Wildman–Crippen LogP) is 2.15. The van der Waals surface area contributed by atoms with E-state index in [4.69, 9.17) is 4.42 Å². The minimum absolute atomic E-state index is 0.190. The van der Waals surface area contributed by atoms with Gasteiger partial charge in [-0.05, 0) is 12.1 Å². The van der Waals surface area contributed by atoms with Crippen LogP contribution in [0.4, 0.5) is 4.79 Å². The third kappa shape index (κ3) is 3.74. The van der Waals surface area contributed by atoms with Gasteiger partial charge in [-0.15, -0.1) is 0 Å². The quantitative estimate of drug-likeness (QED) is 0.851. The molecule has 0 fully saturated rings. The highest BCUT2D eigenvalue weighted by atomic mass is 16.5. The van der Waals surface area contributed by atoms with Crippen LogP contribution in [0.1, 0.15) is 38.3 Å². The summed E-state index contributed by atoms with van der Waals surface area (Å²) in [6.07, 6.45) is -0.732. The number of hydrogen-bond donors (Lipinski definition) is 1. The summed E-state index contributed by atoms with van der Waals surface area (Å²) in [4.78, 5) is 22.9. The molecule has 106 valence electrons. The highest BCUT2D eigenvalue weighted by Gasteiger charge is 2.29. The lowest BCUT2D eigenvalue weighted by Gasteiger charge is -2.16. The van der Waals surface area contributed by atoms with Crippen molar-refractivity contribution in [3.05, 3.63) is 23.7 Å². The van der Waals surface area contributed by atoms with Crippen LogP contribution >= 0.6 is 0 Å². The molecule has 6 nitrogen and oxygen atoms in total. The maximum absolute atomic E-state index is 11.7. The Kier molecular flexibility index (Phi) is 4.58. The standard InChI is InChI=1S/C13H19NO5/c1-13(2,3)9-7-6-8(19-9)10(11(15)17-4)14-12(16)18-5/h6-7,10H,1-5H3,(H,14,16)/t10-/m1/s1. The van der Waals surface area contributed by atoms with Gasteiger partial charge in [-0.3, -0.25) is 0 Å². The molecule has 1 aromatic heterocycles. The molecule has 1 atom stereocenters. The number of ether oxygens (including phenoxy) is 2. The van der Waals surface area contributed by atoms with E-state index < -0.39 is 18.1 Å². The van der Waals surface area contributed by atoms with E-state index in [1.165, 1.54) is 14.2 Å². The molecule has 19 heavy (non-hydrogen) atoms. The van der Waals surface area contributed by atoms with Crippen molar-refractivity contribution in [2.45, 2.75) is 32.2 Å². The van der Waals surface area contributed by atoms with Crippen LogP contribution in [-0.4, -0.2) is 26.3 Å². The zero-order chi connectivity index (χ0) is 14.6. The summed E-state index contributed by atoms with van der Waals surface area (Å²) in [5.41, 5.74) is -0.190. The summed E-state index contributed by atoms with van der Waals surface area (Å²) in [5.74, 6) is 0.394. The van der Waals surface area contributed by atoms with E-state index in [1.807, 2.05) is 20.8 Å². The van der Waals surface area contributed by atoms with E-state index >= 15 is 0 Å². The van der Waals surface area contributed by atoms with E-state index in [-0.39, 0.29) is 5.41 Å². The predicted molar refractivity (Wildman–Crippen MR) is 67.7 cm³/mol. The molecule has 1 amide bonds. The molecule has 0 saturated heterocycles. The van der Waals surface area contributed by atoms with Gasteiger partial charge in [-0.1, -0.05) is 20.8 Å². The van der Waals surface area contributed by atoms with E-state index in [2.05, 4.69) is 14.8 Å². The Labute approximate surface area is 112 Å². The molecule has 0 aliphatic heterocycles. The maximum Gasteiger partial charge on any atom is 0.407 e. The van der Waals surface area contributed by atoms with Crippen molar-refractivity contribution >= 4 is 12.1 Å². The van der Waals surface area contributed by atoms with Gasteiger partial charge < -0.3 is 19.2 Å². The Bertz CT molecular complexity index is 458. The lowest BCUT2D eigenvalue weighted by atomic mass is 9.94. The van der Waals surface area contributed by atoms with E-state index in [0.717, 1.165) is 0 Å². The number of carbonyl (C=O) groups is 2. The number of esters is 1. The molecule has 6 heteroatoms. The van der Waals surface area contributed by atoms with E-state index in [0.29, 0.717) is 11.5 Å². The lowest BCUT2D eigenvalue weighted by molar-refractivity contribution is -0.143. The fraction of sp³-hybridized carbons (Fsp3) is 0.538. The molecule has 0 radical (unpaired) electrons. The fourth-order valence-electron chi connectivity index (χ4n) is 1.45. The lowest BCUT2D eigenvalue weighted by Crippen LogP contribution is -2.34. The van der Waals surface area contributed by atoms with Crippen LogP contribution in [0.3, 0.4) is 0 Å². The largest absolute Gasteiger partial charge is 0.467 e. The molecule has 0 bridgehead atoms. The Morgan fingerprint density at radius 2 is 1.84 bits per heavy atom. The number of hydrogen-bond acceptors (Lipinski definition) is 5. The van der Waals surface area contributed by atoms with E-state index in [1.54, 1.807) is 12.1 Å². The van der Waals surface area contributed by atoms with Gasteiger partial charge in [0.15, 0.2) is 6.04 Å². The first-order valence-corrected chi connectivity index (χ1v) is 5.82. The van der Waals surface area contributed by atoms with Crippen LogP contribution in [0, 0.1) is 0 Å². The minimum Gasteiger partial charge on any atom is -0.467 e. The average molecular weight is 269 g/mol. The van der Waals surface area contributed by atoms with Gasteiger partial charge in [0.25, 0.3) is 0 Å². The van der Waals surface area contributed by atoms with Gasteiger partial charge in [0.2, 0.25) is 0 Å². The first-order valence-electron chi connectivity index (χ1n) is 5.82. The number of nitrogens with one attached hydrogen (secondary N) is 1. The first kappa shape index (κ1) is 15.1. The SMILES string of the molecule is COC(=O)N[C@@H](C(=O)OC)c1ccc(C(C)(C)C)o1. The number of amides is 1. The van der Waals surface area contributed by atoms with Crippen molar-refractivity contribution in [3.8, 4) is 0 Å². The molecule has 1 N–H and O–H groups in total. The van der Waals surface area contributed by atoms with Crippen LogP contribution in [0.2, 0.25) is 0 Å². The van der Waals surface area contributed by atoms with Crippen LogP contribution < -0.4 is 5.32 Å². The summed E-state index contributed by atoms with van der Waals surface area (Å²) in [6.45, 7) is 5.95. The van der Waals surface area contributed by atoms with Crippen LogP contribution in [0.15, 0.2) is 16.5 Å². The van der Waals surface area contributed by atoms with Gasteiger partial charge >= 0.3 is 12.1 Å². The van der Waals surface area contributed by atoms with Gasteiger partial charge in [-0.25, -0.2) is 9.59 Å². The van der Waals surface area contributed by atoms with Crippen molar-refractivity contribution in [3.63, 3.8) is 0 Å². The van der Waals surface area contributed by atoms with Crippen molar-refractivity contribution in [2.75, 3.05) is 14.2 Å². The Balaban J connectivity index is 3.01. The third-order valence-electron chi connectivity index (χ3n) is 2.53. The average Bonchev–Trinajstić information content (AvgIpc) is 2.83. The van der Waals surface area contributed by atoms with Crippen molar-refractivity contribution in [1.82, 2.24) is 5.32 Å². The molecule has 0 aliphatic carbocycles. The minimum atomic E-state index is -1.02. The molecule has 1 aromatic rings. The second-order valence-electron chi connectivity index (χ2n) is 5.04. The van der Waals surface area contributed by atoms with E-state index in [9.17, 15) is 9.59 Å². The second-order valence-corrected chi connectivity index (χ2v) is 5.04. The summed E-state index contributed by atoms with van der Waals surface area (Å²) in [6, 6.07) is 2.39. The third-order valence-corrected chi connectivity index (χ3v) is 2.53. The fourth-order valence-corrected chi connectivity index (χ4v) is 1.45. The van der Waals surface area contributed by atoms with Gasteiger partial charge in [0.05, 0.1) is 14.2 Å². The summed E-state index contributed by atoms with van der Waals surface area (Å²) >= 11 is 0. The molecular weight excluding hydrogens is 250 g/mol. The van der Waals surface area contributed by atoms with Gasteiger partial charge in [-0.2, -0.15) is 0 Å². The molecule has 0 spiro atoms. The molecule has 1 heterocycles. The van der Waals surface area contributed by atoms with Crippen LogP contribution in [0.5, 0.6) is 0 Å². The van der Waals surface area contributed by atoms with Crippen molar-refractivity contribution in [2.24, 2.45) is 0 Å². The summed E-state index contributed by atoms with van der Waals surface area (Å²) in [5, 5.41) is 2.37. The monoisotopic (exact) mass is 269 g/mol. The van der Waals surface area contributed by atoms with Crippen molar-refractivity contribution < 1.29 is 23.5 Å². The highest BCUT2D eigenvalue weighted by molar-refractivity contribution is 5.81. The number of carbonyl (C=O) groups excluding carboxylic acids is 2. The van der Waals surface area contributed by atoms with Gasteiger partial charge in [0, 0.05) is 5.41 Å². The number of furan rings is 1. The van der Waals surface area contributed by atoms with Crippen LogP contribution in [0.25, 0.3) is 0 Å². The van der Waals surface area contributed by atoms with Crippen molar-refractivity contribution in [1.29, 1.82) is 0 Å². The van der Waals surface area contributed by atoms with Gasteiger partial charge in [0.1, 0.15) is 11.5 Å². The molecule has 0 aliphatic rings. The molecule has 0 unspecified atom stereocenters. The second kappa shape index (κ2) is 5.77. The number of alkyl carbamates (subject to hydrolysis) is 1. The topological polar surface area (TPSA) is 77.8 Å². The summed E-state index contributed by atoms with van der Waals surface area (Å²) in [7, 11) is 2.45. The normalized spacial score (nSPS) is 12.7. The molecular formula is C13H19NO5. The molecule has 0 aromatic carbocycles. The van der Waals surface area contributed by atoms with Crippen LogP contribution in [-0.2, 0) is 19.7 Å². The molecule has 1 rings (SSSR count). The Morgan fingerprint density at radius 3 is 2.26 bits per heavy atom. The number of methoxy groups -OCH3 is 2. The zero-order valence-corrected chi connectivity index (χ0v) is 11.8. The first-order chi connectivity index (χ1) is 8.79. The number of rotatable bonds is 3. The smallest absolute Gasteiger partial charge is 0.407 e. The highest BCUT2D eigenvalue weighted by Crippen LogP contribution is 2.27. The Hall–Kier alpha value is -1.98. The maximum atomic E-state index is 11.7. The zero-order valence-electron chi connectivity index (χ0n) is 11.8.